The highest BCUT2D eigenvalue weighted by Gasteiger charge is 2.12. The van der Waals surface area contributed by atoms with E-state index >= 15 is 0 Å². The first-order chi connectivity index (χ1) is 18.6. The maximum absolute atomic E-state index is 14.4. The Balaban J connectivity index is 1.83. The Bertz CT molecular complexity index is 1400. The van der Waals surface area contributed by atoms with Crippen LogP contribution in [0.15, 0.2) is 97.1 Å². The Morgan fingerprint density at radius 2 is 1.85 bits per heavy atom. The van der Waals surface area contributed by atoms with Crippen LogP contribution < -0.4 is 21.7 Å². The van der Waals surface area contributed by atoms with Gasteiger partial charge in [-0.15, -0.1) is 0 Å². The zero-order valence-electron chi connectivity index (χ0n) is 23.7. The minimum atomic E-state index is -0.272. The summed E-state index contributed by atoms with van der Waals surface area (Å²) in [5.41, 5.74) is 16.3. The molecule has 0 unspecified atom stereocenters. The van der Waals surface area contributed by atoms with Gasteiger partial charge in [-0.05, 0) is 105 Å². The van der Waals surface area contributed by atoms with Crippen molar-refractivity contribution < 1.29 is 4.39 Å². The molecule has 0 spiro atoms. The van der Waals surface area contributed by atoms with E-state index in [2.05, 4.69) is 60.1 Å². The van der Waals surface area contributed by atoms with Crippen molar-refractivity contribution in [3.05, 3.63) is 120 Å². The van der Waals surface area contributed by atoms with Crippen LogP contribution in [0.1, 0.15) is 44.4 Å². The Hall–Kier alpha value is -4.16. The van der Waals surface area contributed by atoms with Crippen molar-refractivity contribution in [1.82, 2.24) is 15.6 Å². The van der Waals surface area contributed by atoms with Crippen LogP contribution >= 0.6 is 0 Å². The van der Waals surface area contributed by atoms with Crippen molar-refractivity contribution in [2.75, 3.05) is 18.1 Å². The molecule has 1 aromatic heterocycles. The molecule has 0 atom stereocenters. The molecular weight excluding hydrogens is 485 g/mol. The van der Waals surface area contributed by atoms with E-state index in [-0.39, 0.29) is 5.82 Å². The topological polar surface area (TPSA) is 75.0 Å². The van der Waals surface area contributed by atoms with E-state index in [4.69, 9.17) is 5.73 Å². The van der Waals surface area contributed by atoms with Crippen LogP contribution in [0, 0.1) is 5.82 Å². The highest BCUT2D eigenvalue weighted by Crippen LogP contribution is 2.29. The normalized spacial score (nSPS) is 12.2. The van der Waals surface area contributed by atoms with Gasteiger partial charge in [0.05, 0.1) is 5.69 Å². The van der Waals surface area contributed by atoms with E-state index in [0.29, 0.717) is 24.7 Å². The molecule has 0 aliphatic heterocycles. The lowest BCUT2D eigenvalue weighted by Crippen LogP contribution is -2.14. The summed E-state index contributed by atoms with van der Waals surface area (Å²) in [4.78, 5) is 4.39. The quantitative estimate of drug-likeness (QED) is 0.148. The lowest BCUT2D eigenvalue weighted by molar-refractivity contribution is 0.623. The second-order valence-electron chi connectivity index (χ2n) is 10.0. The molecule has 0 amide bonds. The van der Waals surface area contributed by atoms with Crippen molar-refractivity contribution in [3.8, 4) is 11.1 Å². The number of halogens is 1. The van der Waals surface area contributed by atoms with Gasteiger partial charge in [-0.1, -0.05) is 31.4 Å². The molecule has 0 radical (unpaired) electrons. The number of aromatic nitrogens is 1. The lowest BCUT2D eigenvalue weighted by atomic mass is 9.95. The number of nitrogens with one attached hydrogen (secondary N) is 3. The van der Waals surface area contributed by atoms with Gasteiger partial charge in [-0.2, -0.15) is 0 Å². The lowest BCUT2D eigenvalue weighted by Gasteiger charge is -2.18. The molecule has 0 fully saturated rings. The number of pyridine rings is 1. The highest BCUT2D eigenvalue weighted by atomic mass is 19.1. The highest BCUT2D eigenvalue weighted by molar-refractivity contribution is 5.80. The SMILES string of the molecule is C=C/C=C(\C(C)=C(/C)NC(=C)Cc1cc(-c2cncc(NC(C)C)c2)ccc1N)c1cc(F)cc(CNC)c1. The van der Waals surface area contributed by atoms with Gasteiger partial charge in [0.25, 0.3) is 0 Å². The molecule has 0 aliphatic carbocycles. The van der Waals surface area contributed by atoms with Crippen molar-refractivity contribution in [3.63, 3.8) is 0 Å². The molecular formula is C33H40FN5. The zero-order chi connectivity index (χ0) is 28.5. The first-order valence-electron chi connectivity index (χ1n) is 13.1. The van der Waals surface area contributed by atoms with E-state index in [1.807, 2.05) is 57.6 Å². The number of allylic oxidation sites excluding steroid dienone is 6. The van der Waals surface area contributed by atoms with Crippen LogP contribution in [0.5, 0.6) is 0 Å². The second-order valence-corrected chi connectivity index (χ2v) is 10.0. The fourth-order valence-corrected chi connectivity index (χ4v) is 4.45. The van der Waals surface area contributed by atoms with Crippen LogP contribution in [0.3, 0.4) is 0 Å². The summed E-state index contributed by atoms with van der Waals surface area (Å²) in [6.07, 6.45) is 7.85. The molecule has 2 aromatic carbocycles. The van der Waals surface area contributed by atoms with Gasteiger partial charge in [0.15, 0.2) is 0 Å². The molecule has 5 N–H and O–H groups in total. The fourth-order valence-electron chi connectivity index (χ4n) is 4.45. The minimum absolute atomic E-state index is 0.272. The van der Waals surface area contributed by atoms with Crippen molar-refractivity contribution in [1.29, 1.82) is 0 Å². The number of hydrogen-bond acceptors (Lipinski definition) is 5. The Kier molecular flexibility index (Phi) is 10.2. The van der Waals surface area contributed by atoms with Gasteiger partial charge in [0.1, 0.15) is 5.82 Å². The number of benzene rings is 2. The molecule has 0 saturated carbocycles. The second kappa shape index (κ2) is 13.6. The Morgan fingerprint density at radius 3 is 2.54 bits per heavy atom. The summed E-state index contributed by atoms with van der Waals surface area (Å²) in [6, 6.07) is 13.5. The van der Waals surface area contributed by atoms with Gasteiger partial charge in [-0.3, -0.25) is 4.98 Å². The smallest absolute Gasteiger partial charge is 0.124 e. The first kappa shape index (κ1) is 29.4. The summed E-state index contributed by atoms with van der Waals surface area (Å²) in [5.74, 6) is -0.272. The van der Waals surface area contributed by atoms with Crippen LogP contribution in [0.2, 0.25) is 0 Å². The average molecular weight is 526 g/mol. The van der Waals surface area contributed by atoms with Gasteiger partial charge in [-0.25, -0.2) is 4.39 Å². The third kappa shape index (κ3) is 8.16. The summed E-state index contributed by atoms with van der Waals surface area (Å²) >= 11 is 0. The average Bonchev–Trinajstić information content (AvgIpc) is 2.87. The van der Waals surface area contributed by atoms with Gasteiger partial charge < -0.3 is 21.7 Å². The summed E-state index contributed by atoms with van der Waals surface area (Å²) < 4.78 is 14.4. The van der Waals surface area contributed by atoms with Crippen LogP contribution in [0.4, 0.5) is 15.8 Å². The van der Waals surface area contributed by atoms with Gasteiger partial charge in [0, 0.05) is 54.0 Å². The predicted octanol–water partition coefficient (Wildman–Crippen LogP) is 7.22. The molecule has 0 bridgehead atoms. The largest absolute Gasteiger partial charge is 0.398 e. The number of nitrogens with zero attached hydrogens (tertiary/aromatic N) is 1. The van der Waals surface area contributed by atoms with Gasteiger partial charge >= 0.3 is 0 Å². The number of anilines is 2. The van der Waals surface area contributed by atoms with E-state index in [1.54, 1.807) is 18.2 Å². The van der Waals surface area contributed by atoms with E-state index in [0.717, 1.165) is 56.0 Å². The molecule has 39 heavy (non-hydrogen) atoms. The predicted molar refractivity (Wildman–Crippen MR) is 165 cm³/mol. The van der Waals surface area contributed by atoms with Crippen molar-refractivity contribution in [2.45, 2.75) is 46.7 Å². The van der Waals surface area contributed by atoms with E-state index < -0.39 is 0 Å². The molecule has 1 heterocycles. The molecule has 3 rings (SSSR count). The van der Waals surface area contributed by atoms with Crippen LogP contribution in [-0.4, -0.2) is 18.1 Å². The number of nitrogens with two attached hydrogens (primary N) is 1. The Labute approximate surface area is 232 Å². The third-order valence-electron chi connectivity index (χ3n) is 6.34. The number of nitrogen functional groups attached to an aromatic ring is 1. The molecule has 0 saturated heterocycles. The Morgan fingerprint density at radius 1 is 1.08 bits per heavy atom. The third-order valence-corrected chi connectivity index (χ3v) is 6.34. The van der Waals surface area contributed by atoms with Crippen LogP contribution in [0.25, 0.3) is 16.7 Å². The molecule has 3 aromatic rings. The van der Waals surface area contributed by atoms with Gasteiger partial charge in [0.2, 0.25) is 0 Å². The first-order valence-corrected chi connectivity index (χ1v) is 13.1. The number of rotatable bonds is 12. The summed E-state index contributed by atoms with van der Waals surface area (Å²) in [5, 5.41) is 9.91. The zero-order valence-corrected chi connectivity index (χ0v) is 23.7. The fraction of sp³-hybridized carbons (Fsp3) is 0.242. The summed E-state index contributed by atoms with van der Waals surface area (Å²) in [7, 11) is 1.84. The van der Waals surface area contributed by atoms with E-state index in [9.17, 15) is 4.39 Å². The van der Waals surface area contributed by atoms with Crippen molar-refractivity contribution >= 4 is 16.9 Å². The molecule has 5 nitrogen and oxygen atoms in total. The minimum Gasteiger partial charge on any atom is -0.398 e. The van der Waals surface area contributed by atoms with E-state index in [1.165, 1.54) is 0 Å². The molecule has 6 heteroatoms. The molecule has 204 valence electrons. The number of hydrogen-bond donors (Lipinski definition) is 4. The maximum atomic E-state index is 14.4. The van der Waals surface area contributed by atoms with Crippen molar-refractivity contribution in [2.24, 2.45) is 0 Å². The van der Waals surface area contributed by atoms with Crippen LogP contribution in [-0.2, 0) is 13.0 Å². The standard InChI is InChI=1S/C33H40FN5/c1-8-9-32(27-13-25(18-36-7)14-30(34)16-27)23(5)24(6)39-22(4)12-28-15-26(10-11-33(28)35)29-17-31(20-37-19-29)38-21(2)3/h8-11,13-17,19-21,36,38-39H,1,4,12,18,35H2,2-3,5-7H3/b24-23+,32-9+. The maximum Gasteiger partial charge on any atom is 0.124 e. The molecule has 0 aliphatic rings. The monoisotopic (exact) mass is 525 g/mol. The summed E-state index contributed by atoms with van der Waals surface area (Å²) in [6.45, 7) is 16.9.